The Morgan fingerprint density at radius 2 is 1.38 bits per heavy atom. The average Bonchev–Trinajstić information content (AvgIpc) is 3.48. The van der Waals surface area contributed by atoms with Crippen LogP contribution in [-0.4, -0.2) is 97.0 Å². The van der Waals surface area contributed by atoms with Gasteiger partial charge in [0.05, 0.1) is 36.0 Å². The average molecular weight is 770 g/mol. The molecule has 4 aliphatic heterocycles. The number of alkyl halides is 1. The second-order valence-electron chi connectivity index (χ2n) is 13.7. The normalized spacial score (nSPS) is 31.8. The number of nitrogens with zero attached hydrogens (tertiary/aromatic N) is 1. The van der Waals surface area contributed by atoms with E-state index in [4.69, 9.17) is 49.5 Å². The molecule has 0 N–H and O–H groups in total. The molecule has 12 nitrogen and oxygen atoms in total. The lowest BCUT2D eigenvalue weighted by molar-refractivity contribution is -0.369. The maximum Gasteiger partial charge on any atom is 0.338 e. The second-order valence-corrected chi connectivity index (χ2v) is 14.2. The van der Waals surface area contributed by atoms with Crippen LogP contribution in [0, 0.1) is 0 Å². The lowest BCUT2D eigenvalue weighted by Gasteiger charge is -2.52. The van der Waals surface area contributed by atoms with Crippen LogP contribution >= 0.6 is 11.6 Å². The highest BCUT2D eigenvalue weighted by Crippen LogP contribution is 2.42. The zero-order valence-corrected chi connectivity index (χ0v) is 30.8. The van der Waals surface area contributed by atoms with Crippen LogP contribution in [0.15, 0.2) is 115 Å². The van der Waals surface area contributed by atoms with Gasteiger partial charge in [-0.2, -0.15) is 0 Å². The minimum absolute atomic E-state index is 0.0811. The van der Waals surface area contributed by atoms with Crippen molar-refractivity contribution in [3.63, 3.8) is 0 Å². The van der Waals surface area contributed by atoms with Crippen molar-refractivity contribution >= 4 is 29.4 Å². The molecule has 3 fully saturated rings. The highest BCUT2D eigenvalue weighted by molar-refractivity contribution is 6.22. The molecule has 4 heterocycles. The predicted molar refractivity (Wildman–Crippen MR) is 196 cm³/mol. The van der Waals surface area contributed by atoms with Crippen molar-refractivity contribution < 1.29 is 52.3 Å². The van der Waals surface area contributed by atoms with Gasteiger partial charge in [0.1, 0.15) is 35.8 Å². The van der Waals surface area contributed by atoms with Crippen molar-refractivity contribution in [2.75, 3.05) is 13.7 Å². The SMILES string of the molecule is CO[C@@H]1O[C@@H]2CO[C@@H](c3ccccc3)O[C@H]2[C@H](O[C@@H]2O[C@@H](C)[C@H](OCc3ccccc3)[C@@H](OC(=O)c3ccccc3)[C@H]2Cl)[C@H]1N1C(=O)c2ccccc2C1=O. The smallest absolute Gasteiger partial charge is 0.338 e. The summed E-state index contributed by atoms with van der Waals surface area (Å²) < 4.78 is 50.7. The fourth-order valence-electron chi connectivity index (χ4n) is 7.56. The van der Waals surface area contributed by atoms with Crippen LogP contribution in [0.5, 0.6) is 0 Å². The molecule has 0 radical (unpaired) electrons. The van der Waals surface area contributed by atoms with E-state index in [0.717, 1.165) is 16.0 Å². The molecule has 0 aromatic heterocycles. The van der Waals surface area contributed by atoms with Crippen LogP contribution in [0.3, 0.4) is 0 Å². The summed E-state index contributed by atoms with van der Waals surface area (Å²) in [4.78, 5) is 42.8. The van der Waals surface area contributed by atoms with E-state index in [1.54, 1.807) is 61.5 Å². The summed E-state index contributed by atoms with van der Waals surface area (Å²) in [5, 5.41) is -1.14. The van der Waals surface area contributed by atoms with Gasteiger partial charge in [-0.15, -0.1) is 11.6 Å². The van der Waals surface area contributed by atoms with Crippen molar-refractivity contribution in [3.8, 4) is 0 Å². The van der Waals surface area contributed by atoms with Crippen molar-refractivity contribution in [1.82, 2.24) is 4.90 Å². The molecular weight excluding hydrogens is 730 g/mol. The van der Waals surface area contributed by atoms with Gasteiger partial charge in [-0.05, 0) is 36.8 Å². The maximum atomic E-state index is 14.0. The third-order valence-electron chi connectivity index (χ3n) is 10.3. The molecule has 0 unspecified atom stereocenters. The summed E-state index contributed by atoms with van der Waals surface area (Å²) in [6.07, 6.45) is -8.62. The second kappa shape index (κ2) is 16.3. The number of benzene rings is 4. The fourth-order valence-corrected chi connectivity index (χ4v) is 7.88. The number of fused-ring (bicyclic) bond motifs is 2. The Kier molecular flexibility index (Phi) is 11.1. The van der Waals surface area contributed by atoms with Crippen LogP contribution < -0.4 is 0 Å². The zero-order chi connectivity index (χ0) is 38.1. The Bertz CT molecular complexity index is 1940. The number of halogens is 1. The van der Waals surface area contributed by atoms with Gasteiger partial charge in [-0.3, -0.25) is 14.5 Å². The largest absolute Gasteiger partial charge is 0.454 e. The number of ether oxygens (including phenoxy) is 8. The van der Waals surface area contributed by atoms with E-state index in [2.05, 4.69) is 0 Å². The number of rotatable bonds is 10. The fraction of sp³-hybridized carbons (Fsp3) is 0.357. The van der Waals surface area contributed by atoms with Crippen LogP contribution in [-0.2, 0) is 44.5 Å². The number of esters is 1. The van der Waals surface area contributed by atoms with Crippen LogP contribution in [0.1, 0.15) is 55.4 Å². The molecule has 286 valence electrons. The van der Waals surface area contributed by atoms with Gasteiger partial charge in [0.25, 0.3) is 11.8 Å². The van der Waals surface area contributed by atoms with Gasteiger partial charge in [0.15, 0.2) is 25.0 Å². The number of hydrogen-bond donors (Lipinski definition) is 0. The van der Waals surface area contributed by atoms with E-state index in [1.807, 2.05) is 60.7 Å². The van der Waals surface area contributed by atoms with Gasteiger partial charge >= 0.3 is 5.97 Å². The molecule has 11 atom stereocenters. The molecule has 4 aromatic rings. The number of methoxy groups -OCH3 is 1. The maximum absolute atomic E-state index is 14.0. The summed E-state index contributed by atoms with van der Waals surface area (Å²) in [6, 6.07) is 32.9. The first-order valence-corrected chi connectivity index (χ1v) is 18.6. The summed E-state index contributed by atoms with van der Waals surface area (Å²) in [7, 11) is 1.42. The monoisotopic (exact) mass is 769 g/mol. The number of carbonyl (C=O) groups is 3. The lowest BCUT2D eigenvalue weighted by Crippen LogP contribution is -2.69. The molecule has 13 heteroatoms. The van der Waals surface area contributed by atoms with Crippen molar-refractivity contribution in [1.29, 1.82) is 0 Å². The first-order chi connectivity index (χ1) is 26.8. The first kappa shape index (κ1) is 37.4. The van der Waals surface area contributed by atoms with Gasteiger partial charge < -0.3 is 37.9 Å². The summed E-state index contributed by atoms with van der Waals surface area (Å²) >= 11 is 7.27. The van der Waals surface area contributed by atoms with Gasteiger partial charge in [0, 0.05) is 12.7 Å². The van der Waals surface area contributed by atoms with E-state index in [1.165, 1.54) is 7.11 Å². The number of amides is 2. The number of imide groups is 1. The first-order valence-electron chi connectivity index (χ1n) is 18.2. The summed E-state index contributed by atoms with van der Waals surface area (Å²) in [6.45, 7) is 2.06. The third-order valence-corrected chi connectivity index (χ3v) is 10.7. The van der Waals surface area contributed by atoms with Gasteiger partial charge in [0.2, 0.25) is 0 Å². The molecule has 0 aliphatic carbocycles. The highest BCUT2D eigenvalue weighted by Gasteiger charge is 2.59. The van der Waals surface area contributed by atoms with Crippen LogP contribution in [0.25, 0.3) is 0 Å². The molecular formula is C42H40ClNO11. The van der Waals surface area contributed by atoms with Gasteiger partial charge in [-0.1, -0.05) is 91.0 Å². The standard InChI is InChI=1S/C42H40ClNO11/c1-24-33(49-22-25-14-6-3-7-15-25)35(53-39(47)26-16-8-4-9-17-26)31(43)41(51-24)55-36-32(44-37(45)28-20-12-13-21-29(28)38(44)46)42(48-2)52-30-23-50-40(54-34(30)36)27-18-10-5-11-19-27/h3-21,24,30-36,40-42H,22-23H2,1-2H3/t24-,30+,31+,32+,33-,34+,35-,36+,40+,41-,42+/m0/s1. The number of hydrogen-bond acceptors (Lipinski definition) is 11. The number of carbonyl (C=O) groups excluding carboxylic acids is 3. The lowest BCUT2D eigenvalue weighted by atomic mass is 9.93. The van der Waals surface area contributed by atoms with Crippen LogP contribution in [0.2, 0.25) is 0 Å². The van der Waals surface area contributed by atoms with Crippen molar-refractivity contribution in [2.24, 2.45) is 0 Å². The third kappa shape index (κ3) is 7.44. The topological polar surface area (TPSA) is 128 Å². The van der Waals surface area contributed by atoms with E-state index >= 15 is 0 Å². The molecule has 3 saturated heterocycles. The molecule has 4 aromatic carbocycles. The quantitative estimate of drug-likeness (QED) is 0.112. The Balaban J connectivity index is 1.14. The van der Waals surface area contributed by atoms with E-state index < -0.39 is 84.7 Å². The van der Waals surface area contributed by atoms with E-state index in [-0.39, 0.29) is 24.3 Å². The zero-order valence-electron chi connectivity index (χ0n) is 30.1. The highest BCUT2D eigenvalue weighted by atomic mass is 35.5. The Morgan fingerprint density at radius 3 is 2.04 bits per heavy atom. The minimum atomic E-state index is -1.26. The molecule has 0 bridgehead atoms. The van der Waals surface area contributed by atoms with Crippen molar-refractivity contribution in [3.05, 3.63) is 143 Å². The Hall–Kier alpha value is -4.50. The molecule has 8 rings (SSSR count). The van der Waals surface area contributed by atoms with Gasteiger partial charge in [-0.25, -0.2) is 4.79 Å². The molecule has 2 amide bonds. The Labute approximate surface area is 323 Å². The van der Waals surface area contributed by atoms with Crippen LogP contribution in [0.4, 0.5) is 0 Å². The molecule has 0 spiro atoms. The van der Waals surface area contributed by atoms with E-state index in [0.29, 0.717) is 5.56 Å². The van der Waals surface area contributed by atoms with E-state index in [9.17, 15) is 14.4 Å². The molecule has 55 heavy (non-hydrogen) atoms. The molecule has 0 saturated carbocycles. The molecule has 4 aliphatic rings. The van der Waals surface area contributed by atoms with Crippen molar-refractivity contribution in [2.45, 2.75) is 80.4 Å². The predicted octanol–water partition coefficient (Wildman–Crippen LogP) is 5.69. The summed E-state index contributed by atoms with van der Waals surface area (Å²) in [5.41, 5.74) is 2.45. The summed E-state index contributed by atoms with van der Waals surface area (Å²) in [5.74, 6) is -1.69. The Morgan fingerprint density at radius 1 is 0.764 bits per heavy atom. The minimum Gasteiger partial charge on any atom is -0.454 e.